The molecule has 21 heavy (non-hydrogen) atoms. The molecule has 0 radical (unpaired) electrons. The van der Waals surface area contributed by atoms with E-state index in [1.807, 2.05) is 12.4 Å². The summed E-state index contributed by atoms with van der Waals surface area (Å²) in [5, 5.41) is 3.51. The van der Waals surface area contributed by atoms with Crippen LogP contribution >= 0.6 is 0 Å². The van der Waals surface area contributed by atoms with Gasteiger partial charge in [-0.3, -0.25) is 9.88 Å². The number of likely N-dealkylation sites (N-methyl/N-ethyl adjacent to an activating group) is 2. The van der Waals surface area contributed by atoms with Crippen LogP contribution in [0, 0.1) is 0 Å². The lowest BCUT2D eigenvalue weighted by atomic mass is 10.1. The summed E-state index contributed by atoms with van der Waals surface area (Å²) in [6.07, 6.45) is 6.55. The number of nitrogens with zero attached hydrogens (tertiary/aromatic N) is 3. The Morgan fingerprint density at radius 3 is 3.00 bits per heavy atom. The van der Waals surface area contributed by atoms with E-state index < -0.39 is 0 Å². The van der Waals surface area contributed by atoms with Crippen LogP contribution in [0.3, 0.4) is 0 Å². The van der Waals surface area contributed by atoms with E-state index in [1.54, 1.807) is 0 Å². The fourth-order valence-electron chi connectivity index (χ4n) is 3.15. The van der Waals surface area contributed by atoms with E-state index in [0.29, 0.717) is 12.1 Å². The molecule has 0 bridgehead atoms. The first-order chi connectivity index (χ1) is 10.1. The van der Waals surface area contributed by atoms with Crippen LogP contribution in [0.5, 0.6) is 0 Å². The van der Waals surface area contributed by atoms with Gasteiger partial charge in [-0.1, -0.05) is 20.8 Å². The summed E-state index contributed by atoms with van der Waals surface area (Å²) in [7, 11) is 2.20. The minimum atomic E-state index is 0.502. The largest absolute Gasteiger partial charge is 0.372 e. The first kappa shape index (κ1) is 16.2. The van der Waals surface area contributed by atoms with Gasteiger partial charge in [0, 0.05) is 38.4 Å². The second-order valence-corrected chi connectivity index (χ2v) is 6.35. The standard InChI is InChI=1S/C17H30N4/c1-5-21-10-6-7-16(21)13-20(4)17-12-18-9-8-15(17)11-19-14(2)3/h8-9,12,14,16,19H,5-7,10-11,13H2,1-4H3. The molecule has 1 saturated heterocycles. The number of pyridine rings is 1. The number of hydrogen-bond acceptors (Lipinski definition) is 4. The molecule has 1 aliphatic rings. The van der Waals surface area contributed by atoms with Crippen molar-refractivity contribution in [2.45, 2.75) is 52.2 Å². The van der Waals surface area contributed by atoms with Crippen molar-refractivity contribution in [1.29, 1.82) is 0 Å². The van der Waals surface area contributed by atoms with E-state index in [9.17, 15) is 0 Å². The Labute approximate surface area is 129 Å². The van der Waals surface area contributed by atoms with Gasteiger partial charge in [0.15, 0.2) is 0 Å². The molecule has 4 nitrogen and oxygen atoms in total. The lowest BCUT2D eigenvalue weighted by molar-refractivity contribution is 0.270. The molecule has 118 valence electrons. The SMILES string of the molecule is CCN1CCCC1CN(C)c1cnccc1CNC(C)C. The average Bonchev–Trinajstić information content (AvgIpc) is 2.92. The van der Waals surface area contributed by atoms with Crippen LogP contribution in [0.1, 0.15) is 39.2 Å². The first-order valence-electron chi connectivity index (χ1n) is 8.23. The zero-order chi connectivity index (χ0) is 15.2. The van der Waals surface area contributed by atoms with Crippen molar-refractivity contribution in [3.63, 3.8) is 0 Å². The van der Waals surface area contributed by atoms with Gasteiger partial charge in [0.25, 0.3) is 0 Å². The summed E-state index contributed by atoms with van der Waals surface area (Å²) < 4.78 is 0. The van der Waals surface area contributed by atoms with Gasteiger partial charge in [-0.25, -0.2) is 0 Å². The minimum Gasteiger partial charge on any atom is -0.372 e. The van der Waals surface area contributed by atoms with Gasteiger partial charge < -0.3 is 10.2 Å². The monoisotopic (exact) mass is 290 g/mol. The molecule has 2 heterocycles. The number of likely N-dealkylation sites (tertiary alicyclic amines) is 1. The van der Waals surface area contributed by atoms with Crippen LogP contribution in [0.25, 0.3) is 0 Å². The maximum atomic E-state index is 4.32. The molecule has 1 aromatic rings. The summed E-state index contributed by atoms with van der Waals surface area (Å²) in [5.41, 5.74) is 2.59. The van der Waals surface area contributed by atoms with Crippen molar-refractivity contribution < 1.29 is 0 Å². The summed E-state index contributed by atoms with van der Waals surface area (Å²) in [6, 6.07) is 3.32. The van der Waals surface area contributed by atoms with E-state index in [0.717, 1.165) is 19.6 Å². The maximum absolute atomic E-state index is 4.32. The van der Waals surface area contributed by atoms with Gasteiger partial charge in [-0.2, -0.15) is 0 Å². The Kier molecular flexibility index (Phi) is 6.00. The van der Waals surface area contributed by atoms with Crippen LogP contribution in [0.2, 0.25) is 0 Å². The molecule has 1 unspecified atom stereocenters. The predicted molar refractivity (Wildman–Crippen MR) is 89.8 cm³/mol. The third-order valence-electron chi connectivity index (χ3n) is 4.39. The normalized spacial score (nSPS) is 19.4. The van der Waals surface area contributed by atoms with E-state index in [1.165, 1.54) is 30.6 Å². The predicted octanol–water partition coefficient (Wildman–Crippen LogP) is 2.50. The Balaban J connectivity index is 2.02. The minimum absolute atomic E-state index is 0.502. The smallest absolute Gasteiger partial charge is 0.0596 e. The lowest BCUT2D eigenvalue weighted by Gasteiger charge is -2.30. The molecule has 1 aromatic heterocycles. The quantitative estimate of drug-likeness (QED) is 0.836. The summed E-state index contributed by atoms with van der Waals surface area (Å²) in [4.78, 5) is 9.30. The maximum Gasteiger partial charge on any atom is 0.0596 e. The highest BCUT2D eigenvalue weighted by molar-refractivity contribution is 5.51. The number of rotatable bonds is 7. The zero-order valence-electron chi connectivity index (χ0n) is 14.0. The van der Waals surface area contributed by atoms with Gasteiger partial charge in [0.2, 0.25) is 0 Å². The van der Waals surface area contributed by atoms with E-state index in [-0.39, 0.29) is 0 Å². The van der Waals surface area contributed by atoms with Crippen LogP contribution in [-0.2, 0) is 6.54 Å². The molecule has 0 spiro atoms. The molecule has 0 aliphatic carbocycles. The Hall–Kier alpha value is -1.13. The zero-order valence-corrected chi connectivity index (χ0v) is 14.0. The highest BCUT2D eigenvalue weighted by Crippen LogP contribution is 2.22. The molecule has 1 fully saturated rings. The summed E-state index contributed by atoms with van der Waals surface area (Å²) in [5.74, 6) is 0. The molecule has 1 N–H and O–H groups in total. The molecule has 1 atom stereocenters. The summed E-state index contributed by atoms with van der Waals surface area (Å²) >= 11 is 0. The van der Waals surface area contributed by atoms with Gasteiger partial charge in [-0.15, -0.1) is 0 Å². The van der Waals surface area contributed by atoms with E-state index in [2.05, 4.69) is 54.0 Å². The molecule has 2 rings (SSSR count). The average molecular weight is 290 g/mol. The number of nitrogens with one attached hydrogen (secondary N) is 1. The van der Waals surface area contributed by atoms with Gasteiger partial charge in [0.1, 0.15) is 0 Å². The van der Waals surface area contributed by atoms with Crippen LogP contribution in [-0.4, -0.2) is 48.6 Å². The van der Waals surface area contributed by atoms with Crippen molar-refractivity contribution in [2.75, 3.05) is 31.6 Å². The van der Waals surface area contributed by atoms with Crippen LogP contribution in [0.4, 0.5) is 5.69 Å². The van der Waals surface area contributed by atoms with E-state index >= 15 is 0 Å². The highest BCUT2D eigenvalue weighted by atomic mass is 15.2. The summed E-state index contributed by atoms with van der Waals surface area (Å²) in [6.45, 7) is 11.0. The fraction of sp³-hybridized carbons (Fsp3) is 0.706. The first-order valence-corrected chi connectivity index (χ1v) is 8.23. The Bertz CT molecular complexity index is 433. The third kappa shape index (κ3) is 4.42. The van der Waals surface area contributed by atoms with Crippen molar-refractivity contribution in [3.8, 4) is 0 Å². The van der Waals surface area contributed by atoms with Crippen molar-refractivity contribution in [2.24, 2.45) is 0 Å². The van der Waals surface area contributed by atoms with Gasteiger partial charge in [-0.05, 0) is 37.6 Å². The van der Waals surface area contributed by atoms with Gasteiger partial charge in [0.05, 0.1) is 11.9 Å². The lowest BCUT2D eigenvalue weighted by Crippen LogP contribution is -2.39. The van der Waals surface area contributed by atoms with Crippen molar-refractivity contribution >= 4 is 5.69 Å². The van der Waals surface area contributed by atoms with E-state index in [4.69, 9.17) is 0 Å². The van der Waals surface area contributed by atoms with Crippen LogP contribution < -0.4 is 10.2 Å². The molecule has 0 aromatic carbocycles. The number of hydrogen-bond donors (Lipinski definition) is 1. The van der Waals surface area contributed by atoms with Crippen molar-refractivity contribution in [3.05, 3.63) is 24.0 Å². The fourth-order valence-corrected chi connectivity index (χ4v) is 3.15. The number of aromatic nitrogens is 1. The molecule has 4 heteroatoms. The Morgan fingerprint density at radius 1 is 1.48 bits per heavy atom. The second-order valence-electron chi connectivity index (χ2n) is 6.35. The van der Waals surface area contributed by atoms with Gasteiger partial charge >= 0.3 is 0 Å². The second kappa shape index (κ2) is 7.76. The molecule has 0 saturated carbocycles. The molecule has 0 amide bonds. The third-order valence-corrected chi connectivity index (χ3v) is 4.39. The van der Waals surface area contributed by atoms with Crippen LogP contribution in [0.15, 0.2) is 18.5 Å². The number of anilines is 1. The molecular formula is C17H30N4. The molecule has 1 aliphatic heterocycles. The Morgan fingerprint density at radius 2 is 2.29 bits per heavy atom. The van der Waals surface area contributed by atoms with Crippen molar-refractivity contribution in [1.82, 2.24) is 15.2 Å². The topological polar surface area (TPSA) is 31.4 Å². The highest BCUT2D eigenvalue weighted by Gasteiger charge is 2.24. The molecular weight excluding hydrogens is 260 g/mol.